The van der Waals surface area contributed by atoms with Crippen molar-refractivity contribution >= 4 is 33.0 Å². The van der Waals surface area contributed by atoms with Gasteiger partial charge in [0.25, 0.3) is 10.0 Å². The number of anilines is 1. The Bertz CT molecular complexity index is 835. The van der Waals surface area contributed by atoms with Crippen molar-refractivity contribution in [3.8, 4) is 0 Å². The number of aromatic nitrogens is 1. The summed E-state index contributed by atoms with van der Waals surface area (Å²) in [4.78, 5) is 22.3. The second kappa shape index (κ2) is 5.70. The number of carboxylic acids is 1. The van der Waals surface area contributed by atoms with Crippen LogP contribution in [-0.2, 0) is 28.3 Å². The van der Waals surface area contributed by atoms with Crippen LogP contribution in [0.3, 0.4) is 0 Å². The van der Waals surface area contributed by atoms with Gasteiger partial charge in [-0.25, -0.2) is 8.42 Å². The Kier molecular flexibility index (Phi) is 4.14. The molecule has 2 heterocycles. The van der Waals surface area contributed by atoms with E-state index < -0.39 is 16.0 Å². The van der Waals surface area contributed by atoms with Gasteiger partial charge >= 0.3 is 5.97 Å². The maximum absolute atomic E-state index is 12.2. The van der Waals surface area contributed by atoms with Gasteiger partial charge in [0.2, 0.25) is 5.56 Å². The fourth-order valence-corrected chi connectivity index (χ4v) is 4.00. The van der Waals surface area contributed by atoms with Crippen LogP contribution < -0.4 is 10.3 Å². The van der Waals surface area contributed by atoms with Crippen LogP contribution in [0.4, 0.5) is 5.69 Å². The molecule has 0 aliphatic carbocycles. The zero-order valence-corrected chi connectivity index (χ0v) is 12.6. The molecular formula is C12H12N2O5S2. The van der Waals surface area contributed by atoms with Gasteiger partial charge in [-0.15, -0.1) is 11.3 Å². The quantitative estimate of drug-likeness (QED) is 0.847. The van der Waals surface area contributed by atoms with E-state index in [1.54, 1.807) is 0 Å². The number of hydrogen-bond donors (Lipinski definition) is 2. The van der Waals surface area contributed by atoms with E-state index in [1.165, 1.54) is 42.1 Å². The number of hydrogen-bond acceptors (Lipinski definition) is 5. The van der Waals surface area contributed by atoms with E-state index in [9.17, 15) is 18.0 Å². The molecule has 0 aromatic carbocycles. The summed E-state index contributed by atoms with van der Waals surface area (Å²) in [6.45, 7) is 0. The van der Waals surface area contributed by atoms with Gasteiger partial charge in [0.1, 0.15) is 4.21 Å². The van der Waals surface area contributed by atoms with Crippen molar-refractivity contribution in [3.05, 3.63) is 45.7 Å². The van der Waals surface area contributed by atoms with Gasteiger partial charge in [-0.05, 0) is 18.2 Å². The van der Waals surface area contributed by atoms with Crippen molar-refractivity contribution in [3.63, 3.8) is 0 Å². The number of sulfonamides is 1. The molecule has 0 radical (unpaired) electrons. The Morgan fingerprint density at radius 1 is 1.33 bits per heavy atom. The Hall–Kier alpha value is -2.13. The van der Waals surface area contributed by atoms with E-state index in [-0.39, 0.29) is 21.9 Å². The molecule has 9 heteroatoms. The highest BCUT2D eigenvalue weighted by atomic mass is 32.2. The molecule has 2 aromatic heterocycles. The molecule has 0 fully saturated rings. The van der Waals surface area contributed by atoms with Crippen molar-refractivity contribution < 1.29 is 18.3 Å². The Morgan fingerprint density at radius 3 is 2.67 bits per heavy atom. The van der Waals surface area contributed by atoms with Gasteiger partial charge in [-0.3, -0.25) is 14.3 Å². The lowest BCUT2D eigenvalue weighted by atomic mass is 10.3. The first kappa shape index (κ1) is 15.3. The van der Waals surface area contributed by atoms with E-state index in [2.05, 4.69) is 4.72 Å². The lowest BCUT2D eigenvalue weighted by Crippen LogP contribution is -2.17. The van der Waals surface area contributed by atoms with Crippen molar-refractivity contribution in [1.82, 2.24) is 4.57 Å². The number of aryl methyl sites for hydroxylation is 1. The van der Waals surface area contributed by atoms with E-state index in [1.807, 2.05) is 0 Å². The van der Waals surface area contributed by atoms with Gasteiger partial charge in [0.15, 0.2) is 0 Å². The van der Waals surface area contributed by atoms with Gasteiger partial charge < -0.3 is 9.67 Å². The predicted molar refractivity (Wildman–Crippen MR) is 78.2 cm³/mol. The molecular weight excluding hydrogens is 316 g/mol. The molecule has 0 saturated carbocycles. The largest absolute Gasteiger partial charge is 0.481 e. The van der Waals surface area contributed by atoms with E-state index >= 15 is 0 Å². The van der Waals surface area contributed by atoms with E-state index in [0.717, 1.165) is 11.3 Å². The van der Waals surface area contributed by atoms with Crippen LogP contribution in [0.1, 0.15) is 4.88 Å². The summed E-state index contributed by atoms with van der Waals surface area (Å²) in [6.07, 6.45) is 1.14. The standard InChI is InChI=1S/C12H12N2O5S2/c1-14-7-8(2-4-10(14)15)13-21(18,19)12-5-3-9(20-12)6-11(16)17/h2-5,7,13H,6H2,1H3,(H,16,17). The van der Waals surface area contributed by atoms with Crippen LogP contribution >= 0.6 is 11.3 Å². The summed E-state index contributed by atoms with van der Waals surface area (Å²) in [6, 6.07) is 5.44. The average Bonchev–Trinajstić information content (AvgIpc) is 2.82. The van der Waals surface area contributed by atoms with E-state index in [4.69, 9.17) is 5.11 Å². The fraction of sp³-hybridized carbons (Fsp3) is 0.167. The molecule has 0 unspecified atom stereocenters. The number of aliphatic carboxylic acids is 1. The lowest BCUT2D eigenvalue weighted by Gasteiger charge is -2.07. The third-order valence-electron chi connectivity index (χ3n) is 2.57. The molecule has 7 nitrogen and oxygen atoms in total. The number of thiophene rings is 1. The zero-order chi connectivity index (χ0) is 15.6. The van der Waals surface area contributed by atoms with Crippen LogP contribution in [0, 0.1) is 0 Å². The monoisotopic (exact) mass is 328 g/mol. The Morgan fingerprint density at radius 2 is 2.05 bits per heavy atom. The molecule has 21 heavy (non-hydrogen) atoms. The molecule has 2 aromatic rings. The summed E-state index contributed by atoms with van der Waals surface area (Å²) < 4.78 is 27.9. The molecule has 0 saturated heterocycles. The zero-order valence-electron chi connectivity index (χ0n) is 10.9. The van der Waals surface area contributed by atoms with Gasteiger partial charge in [-0.2, -0.15) is 0 Å². The highest BCUT2D eigenvalue weighted by Gasteiger charge is 2.18. The summed E-state index contributed by atoms with van der Waals surface area (Å²) in [5.41, 5.74) is 0.00287. The Balaban J connectivity index is 2.25. The predicted octanol–water partition coefficient (Wildman–Crippen LogP) is 0.875. The number of carboxylic acid groups (broad SMARTS) is 1. The Labute approximate surface area is 124 Å². The SMILES string of the molecule is Cn1cc(NS(=O)(=O)c2ccc(CC(=O)O)s2)ccc1=O. The minimum Gasteiger partial charge on any atom is -0.481 e. The van der Waals surface area contributed by atoms with Crippen LogP contribution in [0.25, 0.3) is 0 Å². The van der Waals surface area contributed by atoms with Crippen molar-refractivity contribution in [2.45, 2.75) is 10.6 Å². The smallest absolute Gasteiger partial charge is 0.308 e. The molecule has 0 bridgehead atoms. The highest BCUT2D eigenvalue weighted by Crippen LogP contribution is 2.24. The number of carbonyl (C=O) groups is 1. The summed E-state index contributed by atoms with van der Waals surface area (Å²) in [7, 11) is -2.29. The van der Waals surface area contributed by atoms with Gasteiger partial charge in [0.05, 0.1) is 12.1 Å². The topological polar surface area (TPSA) is 105 Å². The first-order valence-electron chi connectivity index (χ1n) is 5.78. The van der Waals surface area contributed by atoms with Gasteiger partial charge in [-0.1, -0.05) is 0 Å². The average molecular weight is 328 g/mol. The molecule has 2 rings (SSSR count). The summed E-state index contributed by atoms with van der Waals surface area (Å²) in [5, 5.41) is 8.68. The van der Waals surface area contributed by atoms with Crippen LogP contribution in [0.15, 0.2) is 39.5 Å². The maximum atomic E-state index is 12.2. The third-order valence-corrected chi connectivity index (χ3v) is 5.52. The molecule has 112 valence electrons. The lowest BCUT2D eigenvalue weighted by molar-refractivity contribution is -0.136. The highest BCUT2D eigenvalue weighted by molar-refractivity contribution is 7.94. The van der Waals surface area contributed by atoms with Crippen LogP contribution in [-0.4, -0.2) is 24.1 Å². The number of pyridine rings is 1. The van der Waals surface area contributed by atoms with E-state index in [0.29, 0.717) is 4.88 Å². The van der Waals surface area contributed by atoms with Crippen molar-refractivity contribution in [2.24, 2.45) is 7.05 Å². The molecule has 0 aliphatic rings. The summed E-state index contributed by atoms with van der Waals surface area (Å²) in [5.74, 6) is -1.02. The normalized spacial score (nSPS) is 11.3. The fourth-order valence-electron chi connectivity index (χ4n) is 1.61. The first-order chi connectivity index (χ1) is 9.78. The molecule has 0 spiro atoms. The first-order valence-corrected chi connectivity index (χ1v) is 8.08. The molecule has 2 N–H and O–H groups in total. The van der Waals surface area contributed by atoms with Gasteiger partial charge in [0, 0.05) is 24.2 Å². The third kappa shape index (κ3) is 3.70. The van der Waals surface area contributed by atoms with Crippen LogP contribution in [0.2, 0.25) is 0 Å². The molecule has 0 atom stereocenters. The second-order valence-electron chi connectivity index (χ2n) is 4.26. The number of nitrogens with one attached hydrogen (secondary N) is 1. The minimum atomic E-state index is -3.80. The van der Waals surface area contributed by atoms with Crippen molar-refractivity contribution in [2.75, 3.05) is 4.72 Å². The molecule has 0 amide bonds. The summed E-state index contributed by atoms with van der Waals surface area (Å²) >= 11 is 0.895. The number of rotatable bonds is 5. The van der Waals surface area contributed by atoms with Crippen LogP contribution in [0.5, 0.6) is 0 Å². The minimum absolute atomic E-state index is 0.0209. The maximum Gasteiger partial charge on any atom is 0.308 e. The number of nitrogens with zero attached hydrogens (tertiary/aromatic N) is 1. The molecule has 0 aliphatic heterocycles. The second-order valence-corrected chi connectivity index (χ2v) is 7.34. The van der Waals surface area contributed by atoms with Crippen molar-refractivity contribution in [1.29, 1.82) is 0 Å².